The zero-order chi connectivity index (χ0) is 37.7. The number of carbonyl (C=O) groups is 2. The minimum atomic E-state index is -0.824. The molecule has 1 aliphatic rings. The first-order chi connectivity index (χ1) is 26.4. The third-order valence-electron chi connectivity index (χ3n) is 9.63. The number of esters is 1. The Bertz CT molecular complexity index is 1930. The largest absolute Gasteiger partial charge is 0.467 e. The number of aliphatic hydroxyl groups excluding tert-OH is 1. The summed E-state index contributed by atoms with van der Waals surface area (Å²) in [6, 6.07) is 38.1. The molecule has 2 amide bonds. The van der Waals surface area contributed by atoms with Gasteiger partial charge in [0.1, 0.15) is 6.04 Å². The first kappa shape index (κ1) is 38.3. The third-order valence-corrected chi connectivity index (χ3v) is 9.63. The van der Waals surface area contributed by atoms with Gasteiger partial charge >= 0.3 is 12.0 Å². The Labute approximate surface area is 317 Å². The smallest absolute Gasteiger partial charge is 0.328 e. The Morgan fingerprint density at radius 1 is 0.870 bits per heavy atom. The predicted octanol–water partition coefficient (Wildman–Crippen LogP) is 6.54. The van der Waals surface area contributed by atoms with E-state index < -0.39 is 24.3 Å². The molecule has 1 aromatic heterocycles. The van der Waals surface area contributed by atoms with E-state index in [1.54, 1.807) is 0 Å². The molecule has 2 heterocycles. The van der Waals surface area contributed by atoms with Gasteiger partial charge in [-0.15, -0.1) is 0 Å². The number of methoxy groups -OCH3 is 1. The average molecular weight is 729 g/mol. The molecule has 4 atom stereocenters. The number of ether oxygens (including phenoxy) is 3. The van der Waals surface area contributed by atoms with Gasteiger partial charge in [0.05, 0.1) is 25.9 Å². The van der Waals surface area contributed by atoms with Crippen molar-refractivity contribution >= 4 is 12.0 Å². The second-order valence-corrected chi connectivity index (χ2v) is 13.6. The normalized spacial score (nSPS) is 17.4. The standard InChI is InChI=1S/C44H48N4O6/c1-48(25-23-37-13-8-9-24-45-37)29-38-27-41(34-17-15-32(30-49)16-18-34)54-43(53-38)35-21-19-33(20-22-35)39-14-7-6-12-36(39)28-46-44(51)47-40(42(50)52-2)26-31-10-4-3-5-11-31/h3-22,24,38,40-41,43,49H,23,25-30H2,1-2H3,(H2,46,47,51)/t38-,40-,41+,43+/m0/s1. The lowest BCUT2D eigenvalue weighted by Crippen LogP contribution is -2.47. The van der Waals surface area contributed by atoms with Crippen molar-refractivity contribution in [3.05, 3.63) is 161 Å². The van der Waals surface area contributed by atoms with Crippen LogP contribution in [0.25, 0.3) is 11.1 Å². The van der Waals surface area contributed by atoms with Crippen LogP contribution in [0.15, 0.2) is 128 Å². The highest BCUT2D eigenvalue weighted by Gasteiger charge is 2.33. The lowest BCUT2D eigenvalue weighted by atomic mass is 9.97. The number of likely N-dealkylation sites (N-methyl/N-ethyl adjacent to an activating group) is 1. The maximum atomic E-state index is 13.0. The summed E-state index contributed by atoms with van der Waals surface area (Å²) in [5.74, 6) is -0.509. The van der Waals surface area contributed by atoms with Crippen LogP contribution in [0.5, 0.6) is 0 Å². The van der Waals surface area contributed by atoms with Gasteiger partial charge in [0, 0.05) is 56.4 Å². The number of urea groups is 1. The zero-order valence-electron chi connectivity index (χ0n) is 30.8. The molecule has 1 aliphatic heterocycles. The van der Waals surface area contributed by atoms with Crippen LogP contribution in [-0.2, 0) is 45.0 Å². The van der Waals surface area contributed by atoms with Gasteiger partial charge in [-0.25, -0.2) is 9.59 Å². The van der Waals surface area contributed by atoms with E-state index in [2.05, 4.69) is 27.6 Å². The summed E-state index contributed by atoms with van der Waals surface area (Å²) < 4.78 is 18.2. The maximum absolute atomic E-state index is 13.0. The minimum Gasteiger partial charge on any atom is -0.467 e. The van der Waals surface area contributed by atoms with Crippen LogP contribution in [0.2, 0.25) is 0 Å². The van der Waals surface area contributed by atoms with Crippen molar-refractivity contribution in [1.82, 2.24) is 20.5 Å². The molecule has 280 valence electrons. The zero-order valence-corrected chi connectivity index (χ0v) is 30.8. The number of pyridine rings is 1. The molecule has 0 aliphatic carbocycles. The minimum absolute atomic E-state index is 0.00934. The molecule has 0 saturated carbocycles. The fourth-order valence-corrected chi connectivity index (χ4v) is 6.67. The Hall–Kier alpha value is -5.39. The summed E-state index contributed by atoms with van der Waals surface area (Å²) in [5.41, 5.74) is 7.64. The Morgan fingerprint density at radius 2 is 1.59 bits per heavy atom. The van der Waals surface area contributed by atoms with Gasteiger partial charge < -0.3 is 34.9 Å². The highest BCUT2D eigenvalue weighted by atomic mass is 16.7. The molecule has 54 heavy (non-hydrogen) atoms. The van der Waals surface area contributed by atoms with Crippen LogP contribution in [-0.4, -0.2) is 66.4 Å². The van der Waals surface area contributed by atoms with Crippen LogP contribution in [0.3, 0.4) is 0 Å². The number of carbonyl (C=O) groups excluding carboxylic acids is 2. The van der Waals surface area contributed by atoms with Crippen LogP contribution >= 0.6 is 0 Å². The Kier molecular flexibility index (Phi) is 13.6. The fraction of sp³-hybridized carbons (Fsp3) is 0.295. The number of hydrogen-bond donors (Lipinski definition) is 3. The fourth-order valence-electron chi connectivity index (χ4n) is 6.67. The molecule has 0 bridgehead atoms. The van der Waals surface area contributed by atoms with E-state index in [4.69, 9.17) is 14.2 Å². The van der Waals surface area contributed by atoms with Crippen molar-refractivity contribution in [2.75, 3.05) is 27.2 Å². The van der Waals surface area contributed by atoms with Crippen molar-refractivity contribution < 1.29 is 28.9 Å². The number of hydrogen-bond acceptors (Lipinski definition) is 8. The van der Waals surface area contributed by atoms with Gasteiger partial charge in [0.2, 0.25) is 0 Å². The number of aliphatic hydroxyl groups is 1. The van der Waals surface area contributed by atoms with E-state index in [0.29, 0.717) is 12.8 Å². The number of aromatic nitrogens is 1. The summed E-state index contributed by atoms with van der Waals surface area (Å²) in [5, 5.41) is 15.3. The molecule has 6 rings (SSSR count). The van der Waals surface area contributed by atoms with Crippen molar-refractivity contribution in [2.24, 2.45) is 0 Å². The summed E-state index contributed by atoms with van der Waals surface area (Å²) in [7, 11) is 3.42. The molecule has 1 saturated heterocycles. The van der Waals surface area contributed by atoms with Gasteiger partial charge in [-0.1, -0.05) is 109 Å². The van der Waals surface area contributed by atoms with Crippen LogP contribution in [0.4, 0.5) is 4.79 Å². The molecule has 0 unspecified atom stereocenters. The van der Waals surface area contributed by atoms with Crippen LogP contribution in [0, 0.1) is 0 Å². The van der Waals surface area contributed by atoms with E-state index in [1.165, 1.54) is 7.11 Å². The molecule has 5 aromatic rings. The van der Waals surface area contributed by atoms with Crippen LogP contribution < -0.4 is 10.6 Å². The number of benzene rings is 4. The van der Waals surface area contributed by atoms with Gasteiger partial charge in [-0.05, 0) is 52.6 Å². The highest BCUT2D eigenvalue weighted by Crippen LogP contribution is 2.39. The Balaban J connectivity index is 1.12. The van der Waals surface area contributed by atoms with Crippen LogP contribution in [0.1, 0.15) is 52.3 Å². The number of nitrogens with zero attached hydrogens (tertiary/aromatic N) is 2. The topological polar surface area (TPSA) is 122 Å². The Morgan fingerprint density at radius 3 is 2.31 bits per heavy atom. The lowest BCUT2D eigenvalue weighted by molar-refractivity contribution is -0.252. The van der Waals surface area contributed by atoms with Crippen molar-refractivity contribution in [2.45, 2.75) is 57.0 Å². The first-order valence-corrected chi connectivity index (χ1v) is 18.3. The first-order valence-electron chi connectivity index (χ1n) is 18.3. The van der Waals surface area contributed by atoms with Crippen molar-refractivity contribution in [1.29, 1.82) is 0 Å². The van der Waals surface area contributed by atoms with Gasteiger partial charge in [-0.3, -0.25) is 4.98 Å². The van der Waals surface area contributed by atoms with Gasteiger partial charge in [-0.2, -0.15) is 0 Å². The summed E-state index contributed by atoms with van der Waals surface area (Å²) in [4.78, 5) is 32.2. The number of amides is 2. The van der Waals surface area contributed by atoms with E-state index >= 15 is 0 Å². The summed E-state index contributed by atoms with van der Waals surface area (Å²) >= 11 is 0. The SMILES string of the molecule is COC(=O)[C@H](Cc1ccccc1)NC(=O)NCc1ccccc1-c1ccc([C@@H]2O[C@H](CN(C)CCc3ccccn3)C[C@H](c3ccc(CO)cc3)O2)cc1. The van der Waals surface area contributed by atoms with E-state index in [0.717, 1.165) is 64.1 Å². The monoisotopic (exact) mass is 728 g/mol. The number of nitrogens with one attached hydrogen (secondary N) is 2. The molecule has 4 aromatic carbocycles. The molecular weight excluding hydrogens is 681 g/mol. The summed E-state index contributed by atoms with van der Waals surface area (Å²) in [6.07, 6.45) is 2.84. The molecular formula is C44H48N4O6. The molecule has 1 fully saturated rings. The van der Waals surface area contributed by atoms with Gasteiger partial charge in [0.15, 0.2) is 6.29 Å². The van der Waals surface area contributed by atoms with Gasteiger partial charge in [0.25, 0.3) is 0 Å². The van der Waals surface area contributed by atoms with E-state index in [1.807, 2.05) is 128 Å². The average Bonchev–Trinajstić information content (AvgIpc) is 3.22. The maximum Gasteiger partial charge on any atom is 0.328 e. The molecule has 0 radical (unpaired) electrons. The second-order valence-electron chi connectivity index (χ2n) is 13.6. The number of rotatable bonds is 15. The van der Waals surface area contributed by atoms with Crippen molar-refractivity contribution in [3.8, 4) is 11.1 Å². The molecule has 3 N–H and O–H groups in total. The molecule has 10 nitrogen and oxygen atoms in total. The lowest BCUT2D eigenvalue weighted by Gasteiger charge is -2.38. The molecule has 10 heteroatoms. The third kappa shape index (κ3) is 10.6. The van der Waals surface area contributed by atoms with E-state index in [-0.39, 0.29) is 25.4 Å². The highest BCUT2D eigenvalue weighted by molar-refractivity contribution is 5.84. The van der Waals surface area contributed by atoms with E-state index in [9.17, 15) is 14.7 Å². The van der Waals surface area contributed by atoms with Crippen molar-refractivity contribution in [3.63, 3.8) is 0 Å². The quantitative estimate of drug-likeness (QED) is 0.104. The molecule has 0 spiro atoms. The second kappa shape index (κ2) is 19.1. The predicted molar refractivity (Wildman–Crippen MR) is 207 cm³/mol. The summed E-state index contributed by atoms with van der Waals surface area (Å²) in [6.45, 7) is 1.83.